The minimum atomic E-state index is -4.50. The SMILES string of the molecule is CCCCCCCCC/C=C\CCCCCCCCCCOCC(COP(=O)(O)OCC(O)CO)OC(=O)CCCCCCCCCCC. The van der Waals surface area contributed by atoms with Gasteiger partial charge in [0.15, 0.2) is 0 Å². The maximum Gasteiger partial charge on any atom is 0.472 e. The number of phosphoric ester groups is 1. The Bertz CT molecular complexity index is 780. The molecule has 0 saturated heterocycles. The molecule has 0 spiro atoms. The van der Waals surface area contributed by atoms with E-state index in [4.69, 9.17) is 23.6 Å². The lowest BCUT2D eigenvalue weighted by molar-refractivity contribution is -0.154. The van der Waals surface area contributed by atoms with E-state index < -0.39 is 33.2 Å². The molecule has 0 aliphatic rings. The number of hydrogen-bond donors (Lipinski definition) is 3. The van der Waals surface area contributed by atoms with Crippen LogP contribution in [0.25, 0.3) is 0 Å². The number of carbonyl (C=O) groups excluding carboxylic acids is 1. The quantitative estimate of drug-likeness (QED) is 0.0246. The van der Waals surface area contributed by atoms with Crippen molar-refractivity contribution in [1.82, 2.24) is 0 Å². The Kier molecular flexibility index (Phi) is 36.4. The van der Waals surface area contributed by atoms with Gasteiger partial charge in [0, 0.05) is 13.0 Å². The van der Waals surface area contributed by atoms with Crippen LogP contribution in [0.2, 0.25) is 0 Å². The molecule has 0 heterocycles. The van der Waals surface area contributed by atoms with Gasteiger partial charge in [-0.1, -0.05) is 154 Å². The van der Waals surface area contributed by atoms with E-state index in [1.165, 1.54) is 128 Å². The zero-order valence-electron chi connectivity index (χ0n) is 31.7. The van der Waals surface area contributed by atoms with Crippen LogP contribution in [0.15, 0.2) is 12.2 Å². The summed E-state index contributed by atoms with van der Waals surface area (Å²) in [5, 5.41) is 18.3. The molecule has 49 heavy (non-hydrogen) atoms. The van der Waals surface area contributed by atoms with Crippen LogP contribution in [0.1, 0.15) is 187 Å². The van der Waals surface area contributed by atoms with Crippen LogP contribution in [-0.2, 0) is 27.9 Å². The Hall–Kier alpha value is -0.800. The molecule has 3 N–H and O–H groups in total. The molecule has 0 aromatic carbocycles. The molecule has 292 valence electrons. The Labute approximate surface area is 300 Å². The number of allylic oxidation sites excluding steroid dienone is 2. The van der Waals surface area contributed by atoms with Gasteiger partial charge >= 0.3 is 13.8 Å². The van der Waals surface area contributed by atoms with Crippen molar-refractivity contribution in [2.24, 2.45) is 0 Å². The number of aliphatic hydroxyl groups excluding tert-OH is 2. The average Bonchev–Trinajstić information content (AvgIpc) is 3.09. The molecule has 0 aromatic rings. The largest absolute Gasteiger partial charge is 0.472 e. The highest BCUT2D eigenvalue weighted by atomic mass is 31.2. The number of ether oxygens (including phenoxy) is 2. The number of esters is 1. The van der Waals surface area contributed by atoms with Gasteiger partial charge in [-0.2, -0.15) is 0 Å². The highest BCUT2D eigenvalue weighted by Crippen LogP contribution is 2.43. The van der Waals surface area contributed by atoms with Crippen molar-refractivity contribution in [1.29, 1.82) is 0 Å². The smallest absolute Gasteiger partial charge is 0.457 e. The molecule has 0 aliphatic heterocycles. The van der Waals surface area contributed by atoms with E-state index in [9.17, 15) is 19.4 Å². The highest BCUT2D eigenvalue weighted by Gasteiger charge is 2.26. The first-order chi connectivity index (χ1) is 23.8. The molecule has 0 bridgehead atoms. The van der Waals surface area contributed by atoms with E-state index in [0.29, 0.717) is 6.61 Å². The standard InChI is InChI=1S/C39H77O9P/c1-3-5-7-9-11-13-14-15-16-17-18-19-20-21-22-24-26-28-30-32-45-35-38(36-47-49(43,44)46-34-37(41)33-40)48-39(42)31-29-27-25-23-12-10-8-6-4-2/h16-17,37-38,40-41H,3-15,18-36H2,1-2H3,(H,43,44)/b17-16-. The molecular formula is C39H77O9P. The van der Waals surface area contributed by atoms with Crippen LogP contribution < -0.4 is 0 Å². The zero-order valence-corrected chi connectivity index (χ0v) is 32.6. The fraction of sp³-hybridized carbons (Fsp3) is 0.923. The third kappa shape index (κ3) is 36.8. The minimum absolute atomic E-state index is 0.0518. The molecule has 0 radical (unpaired) electrons. The first-order valence-electron chi connectivity index (χ1n) is 20.2. The number of unbranched alkanes of at least 4 members (excludes halogenated alkanes) is 23. The predicted molar refractivity (Wildman–Crippen MR) is 201 cm³/mol. The number of carbonyl (C=O) groups is 1. The maximum atomic E-state index is 12.5. The molecule has 0 aromatic heterocycles. The van der Waals surface area contributed by atoms with Gasteiger partial charge in [0.2, 0.25) is 0 Å². The maximum absolute atomic E-state index is 12.5. The predicted octanol–water partition coefficient (Wildman–Crippen LogP) is 10.5. The summed E-state index contributed by atoms with van der Waals surface area (Å²) in [6.45, 7) is 3.50. The summed E-state index contributed by atoms with van der Waals surface area (Å²) in [4.78, 5) is 22.4. The van der Waals surface area contributed by atoms with Gasteiger partial charge < -0.3 is 24.6 Å². The number of phosphoric acid groups is 1. The zero-order chi connectivity index (χ0) is 36.1. The number of aliphatic hydroxyl groups is 2. The van der Waals surface area contributed by atoms with Crippen molar-refractivity contribution in [3.63, 3.8) is 0 Å². The van der Waals surface area contributed by atoms with Crippen LogP contribution in [0.5, 0.6) is 0 Å². The highest BCUT2D eigenvalue weighted by molar-refractivity contribution is 7.47. The summed E-state index contributed by atoms with van der Waals surface area (Å²) in [7, 11) is -4.50. The van der Waals surface area contributed by atoms with E-state index in [2.05, 4.69) is 26.0 Å². The van der Waals surface area contributed by atoms with Crippen LogP contribution in [0.3, 0.4) is 0 Å². The van der Waals surface area contributed by atoms with Gasteiger partial charge in [-0.25, -0.2) is 4.57 Å². The van der Waals surface area contributed by atoms with Crippen LogP contribution in [0.4, 0.5) is 0 Å². The van der Waals surface area contributed by atoms with E-state index in [1.807, 2.05) is 0 Å². The minimum Gasteiger partial charge on any atom is -0.457 e. The van der Waals surface area contributed by atoms with Crippen molar-refractivity contribution in [3.05, 3.63) is 12.2 Å². The monoisotopic (exact) mass is 721 g/mol. The fourth-order valence-electron chi connectivity index (χ4n) is 5.59. The van der Waals surface area contributed by atoms with Crippen molar-refractivity contribution in [3.8, 4) is 0 Å². The Morgan fingerprint density at radius 1 is 0.612 bits per heavy atom. The Balaban J connectivity index is 4.09. The van der Waals surface area contributed by atoms with Gasteiger partial charge in [-0.05, 0) is 38.5 Å². The lowest BCUT2D eigenvalue weighted by Gasteiger charge is -2.20. The van der Waals surface area contributed by atoms with Gasteiger partial charge in [-0.3, -0.25) is 13.8 Å². The van der Waals surface area contributed by atoms with Crippen molar-refractivity contribution in [2.45, 2.75) is 199 Å². The van der Waals surface area contributed by atoms with E-state index in [0.717, 1.165) is 38.5 Å². The molecule has 3 atom stereocenters. The summed E-state index contributed by atoms with van der Waals surface area (Å²) in [6, 6.07) is 0. The molecule has 0 fully saturated rings. The Morgan fingerprint density at radius 3 is 1.53 bits per heavy atom. The van der Waals surface area contributed by atoms with Crippen LogP contribution in [-0.4, -0.2) is 66.3 Å². The van der Waals surface area contributed by atoms with Crippen molar-refractivity contribution < 1.29 is 43.0 Å². The summed E-state index contributed by atoms with van der Waals surface area (Å²) >= 11 is 0. The molecule has 0 saturated carbocycles. The van der Waals surface area contributed by atoms with Crippen LogP contribution >= 0.6 is 7.82 Å². The first-order valence-corrected chi connectivity index (χ1v) is 21.7. The van der Waals surface area contributed by atoms with Crippen molar-refractivity contribution in [2.75, 3.05) is 33.0 Å². The van der Waals surface area contributed by atoms with Gasteiger partial charge in [0.1, 0.15) is 12.2 Å². The Morgan fingerprint density at radius 2 is 1.04 bits per heavy atom. The first kappa shape index (κ1) is 48.2. The summed E-state index contributed by atoms with van der Waals surface area (Å²) in [6.07, 6.45) is 34.6. The van der Waals surface area contributed by atoms with E-state index >= 15 is 0 Å². The second-order valence-electron chi connectivity index (χ2n) is 13.7. The molecule has 9 nitrogen and oxygen atoms in total. The molecular weight excluding hydrogens is 643 g/mol. The lowest BCUT2D eigenvalue weighted by Crippen LogP contribution is -2.29. The number of rotatable bonds is 39. The molecule has 0 amide bonds. The summed E-state index contributed by atoms with van der Waals surface area (Å²) in [5.74, 6) is -0.385. The summed E-state index contributed by atoms with van der Waals surface area (Å²) in [5.41, 5.74) is 0. The molecule has 3 unspecified atom stereocenters. The molecule has 10 heteroatoms. The second-order valence-corrected chi connectivity index (χ2v) is 15.1. The second kappa shape index (κ2) is 37.0. The fourth-order valence-corrected chi connectivity index (χ4v) is 6.37. The molecule has 0 aliphatic carbocycles. The van der Waals surface area contributed by atoms with Crippen LogP contribution in [0, 0.1) is 0 Å². The van der Waals surface area contributed by atoms with Gasteiger partial charge in [0.05, 0.1) is 26.4 Å². The van der Waals surface area contributed by atoms with Gasteiger partial charge in [0.25, 0.3) is 0 Å². The third-order valence-corrected chi connectivity index (χ3v) is 9.65. The normalized spacial score (nSPS) is 14.3. The average molecular weight is 721 g/mol. The van der Waals surface area contributed by atoms with E-state index in [1.54, 1.807) is 0 Å². The molecule has 0 rings (SSSR count). The van der Waals surface area contributed by atoms with Crippen molar-refractivity contribution >= 4 is 13.8 Å². The van der Waals surface area contributed by atoms with E-state index in [-0.39, 0.29) is 25.6 Å². The third-order valence-electron chi connectivity index (χ3n) is 8.70. The topological polar surface area (TPSA) is 132 Å². The number of hydrogen-bond acceptors (Lipinski definition) is 8. The van der Waals surface area contributed by atoms with Gasteiger partial charge in [-0.15, -0.1) is 0 Å². The lowest BCUT2D eigenvalue weighted by atomic mass is 10.1. The summed E-state index contributed by atoms with van der Waals surface area (Å²) < 4.78 is 33.2.